The van der Waals surface area contributed by atoms with E-state index in [4.69, 9.17) is 11.6 Å². The molecule has 1 fully saturated rings. The number of sulfonamides is 1. The second-order valence-corrected chi connectivity index (χ2v) is 10.8. The molecular weight excluding hydrogens is 378 g/mol. The third kappa shape index (κ3) is 3.04. The second kappa shape index (κ2) is 6.35. The molecule has 3 unspecified atom stereocenters. The highest BCUT2D eigenvalue weighted by atomic mass is 35.5. The zero-order chi connectivity index (χ0) is 17.7. The molecule has 1 aromatic carbocycles. The van der Waals surface area contributed by atoms with Crippen molar-refractivity contribution in [3.05, 3.63) is 51.9 Å². The average Bonchev–Trinajstić information content (AvgIpc) is 3.11. The van der Waals surface area contributed by atoms with Crippen molar-refractivity contribution in [3.63, 3.8) is 0 Å². The number of hydrogen-bond donors (Lipinski definition) is 2. The molecule has 2 aliphatic rings. The summed E-state index contributed by atoms with van der Waals surface area (Å²) in [7, 11) is -3.64. The molecule has 0 saturated heterocycles. The van der Waals surface area contributed by atoms with Crippen molar-refractivity contribution in [2.24, 2.45) is 11.3 Å². The minimum Gasteiger partial charge on any atom is -0.396 e. The Morgan fingerprint density at radius 2 is 2.00 bits per heavy atom. The smallest absolute Gasteiger partial charge is 0.250 e. The number of aliphatic hydroxyl groups excluding tert-OH is 1. The number of fused-ring (bicyclic) bond motifs is 3. The lowest BCUT2D eigenvalue weighted by Gasteiger charge is -2.34. The van der Waals surface area contributed by atoms with Gasteiger partial charge in [-0.05, 0) is 54.9 Å². The second-order valence-electron chi connectivity index (χ2n) is 7.13. The monoisotopic (exact) mass is 397 g/mol. The van der Waals surface area contributed by atoms with Gasteiger partial charge in [-0.2, -0.15) is 0 Å². The van der Waals surface area contributed by atoms with Gasteiger partial charge in [-0.25, -0.2) is 13.1 Å². The van der Waals surface area contributed by atoms with Crippen molar-refractivity contribution in [2.45, 2.75) is 35.9 Å². The molecule has 0 amide bonds. The van der Waals surface area contributed by atoms with Crippen LogP contribution in [0.1, 0.15) is 24.0 Å². The van der Waals surface area contributed by atoms with Crippen LogP contribution < -0.4 is 4.72 Å². The van der Waals surface area contributed by atoms with Crippen LogP contribution >= 0.6 is 22.9 Å². The van der Waals surface area contributed by atoms with E-state index in [0.29, 0.717) is 10.8 Å². The third-order valence-corrected chi connectivity index (χ3v) is 8.86. The number of rotatable bonds is 4. The summed E-state index contributed by atoms with van der Waals surface area (Å²) in [5.74, 6) is 0.195. The maximum atomic E-state index is 12.8. The first-order chi connectivity index (χ1) is 11.9. The Morgan fingerprint density at radius 1 is 1.24 bits per heavy atom. The molecule has 4 rings (SSSR count). The van der Waals surface area contributed by atoms with Crippen molar-refractivity contribution in [2.75, 3.05) is 6.61 Å². The normalized spacial score (nSPS) is 28.6. The zero-order valence-electron chi connectivity index (χ0n) is 13.6. The summed E-state index contributed by atoms with van der Waals surface area (Å²) in [4.78, 5) is 0. The van der Waals surface area contributed by atoms with Crippen LogP contribution in [0.15, 0.2) is 40.6 Å². The van der Waals surface area contributed by atoms with E-state index < -0.39 is 15.4 Å². The molecule has 2 aromatic rings. The summed E-state index contributed by atoms with van der Waals surface area (Å²) < 4.78 is 29.3. The summed E-state index contributed by atoms with van der Waals surface area (Å²) in [6.07, 6.45) is 3.30. The molecule has 2 N–H and O–H groups in total. The molecule has 2 aliphatic carbocycles. The minimum absolute atomic E-state index is 0.0176. The van der Waals surface area contributed by atoms with Crippen molar-refractivity contribution < 1.29 is 13.5 Å². The maximum Gasteiger partial charge on any atom is 0.250 e. The summed E-state index contributed by atoms with van der Waals surface area (Å²) in [6, 6.07) is 11.1. The number of aliphatic hydroxyl groups is 1. The first-order valence-corrected chi connectivity index (χ1v) is 11.1. The summed E-state index contributed by atoms with van der Waals surface area (Å²) in [5, 5.41) is 10.2. The Kier molecular flexibility index (Phi) is 4.45. The van der Waals surface area contributed by atoms with Gasteiger partial charge in [0.2, 0.25) is 10.0 Å². The first kappa shape index (κ1) is 17.5. The van der Waals surface area contributed by atoms with Crippen LogP contribution in [-0.4, -0.2) is 26.2 Å². The maximum absolute atomic E-state index is 12.8. The summed E-state index contributed by atoms with van der Waals surface area (Å²) in [5.41, 5.74) is 2.05. The van der Waals surface area contributed by atoms with Crippen LogP contribution in [0.25, 0.3) is 0 Å². The van der Waals surface area contributed by atoms with Gasteiger partial charge in [0, 0.05) is 11.5 Å². The SMILES string of the molecule is O=S(=O)(NC1C2CCC1(CO)Cc1ccccc1C2)c1ccc(Cl)s1. The van der Waals surface area contributed by atoms with Gasteiger partial charge in [-0.1, -0.05) is 35.9 Å². The summed E-state index contributed by atoms with van der Waals surface area (Å²) >= 11 is 6.96. The van der Waals surface area contributed by atoms with Crippen LogP contribution in [-0.2, 0) is 22.9 Å². The van der Waals surface area contributed by atoms with E-state index >= 15 is 0 Å². The molecule has 1 saturated carbocycles. The lowest BCUT2D eigenvalue weighted by atomic mass is 9.78. The minimum atomic E-state index is -3.64. The highest BCUT2D eigenvalue weighted by Gasteiger charge is 2.51. The van der Waals surface area contributed by atoms with Gasteiger partial charge < -0.3 is 5.11 Å². The fourth-order valence-corrected chi connectivity index (χ4v) is 7.33. The van der Waals surface area contributed by atoms with Crippen molar-refractivity contribution in [1.29, 1.82) is 0 Å². The Hall–Kier alpha value is -0.920. The van der Waals surface area contributed by atoms with Gasteiger partial charge in [-0.15, -0.1) is 11.3 Å². The van der Waals surface area contributed by atoms with E-state index in [1.165, 1.54) is 17.2 Å². The molecule has 7 heteroatoms. The van der Waals surface area contributed by atoms with Crippen molar-refractivity contribution in [3.8, 4) is 0 Å². The van der Waals surface area contributed by atoms with Crippen molar-refractivity contribution in [1.82, 2.24) is 4.72 Å². The Balaban J connectivity index is 1.70. The van der Waals surface area contributed by atoms with Gasteiger partial charge in [0.05, 0.1) is 10.9 Å². The fourth-order valence-electron chi connectivity index (χ4n) is 4.43. The van der Waals surface area contributed by atoms with Crippen LogP contribution in [0.5, 0.6) is 0 Å². The van der Waals surface area contributed by atoms with Gasteiger partial charge in [0.25, 0.3) is 0 Å². The predicted octanol–water partition coefficient (Wildman–Crippen LogP) is 3.24. The molecule has 0 spiro atoms. The van der Waals surface area contributed by atoms with E-state index in [1.807, 2.05) is 12.1 Å². The first-order valence-electron chi connectivity index (χ1n) is 8.39. The van der Waals surface area contributed by atoms with E-state index in [1.54, 1.807) is 6.07 Å². The van der Waals surface area contributed by atoms with Crippen LogP contribution in [0.2, 0.25) is 4.34 Å². The molecular formula is C18H20ClNO3S2. The lowest BCUT2D eigenvalue weighted by Crippen LogP contribution is -2.49. The molecule has 134 valence electrons. The number of hydrogen-bond acceptors (Lipinski definition) is 4. The third-order valence-electron chi connectivity index (χ3n) is 5.70. The molecule has 4 nitrogen and oxygen atoms in total. The van der Waals surface area contributed by atoms with Gasteiger partial charge in [0.1, 0.15) is 4.21 Å². The molecule has 0 aliphatic heterocycles. The van der Waals surface area contributed by atoms with Gasteiger partial charge in [-0.3, -0.25) is 0 Å². The van der Waals surface area contributed by atoms with E-state index in [-0.39, 0.29) is 22.8 Å². The van der Waals surface area contributed by atoms with Crippen molar-refractivity contribution >= 4 is 33.0 Å². The average molecular weight is 398 g/mol. The number of benzene rings is 1. The van der Waals surface area contributed by atoms with E-state index in [0.717, 1.165) is 30.6 Å². The highest BCUT2D eigenvalue weighted by molar-refractivity contribution is 7.91. The molecule has 1 aromatic heterocycles. The molecule has 2 bridgehead atoms. The Morgan fingerprint density at radius 3 is 2.68 bits per heavy atom. The lowest BCUT2D eigenvalue weighted by molar-refractivity contribution is 0.103. The van der Waals surface area contributed by atoms with E-state index in [9.17, 15) is 13.5 Å². The molecule has 0 radical (unpaired) electrons. The topological polar surface area (TPSA) is 66.4 Å². The van der Waals surface area contributed by atoms with Crippen LogP contribution in [0.3, 0.4) is 0 Å². The Bertz CT molecular complexity index is 895. The molecule has 25 heavy (non-hydrogen) atoms. The fraction of sp³-hybridized carbons (Fsp3) is 0.444. The predicted molar refractivity (Wildman–Crippen MR) is 99.5 cm³/mol. The zero-order valence-corrected chi connectivity index (χ0v) is 16.0. The van der Waals surface area contributed by atoms with E-state index in [2.05, 4.69) is 16.9 Å². The molecule has 1 heterocycles. The van der Waals surface area contributed by atoms with Crippen LogP contribution in [0.4, 0.5) is 0 Å². The largest absolute Gasteiger partial charge is 0.396 e. The number of thiophene rings is 1. The number of halogens is 1. The Labute approximate surface area is 156 Å². The summed E-state index contributed by atoms with van der Waals surface area (Å²) in [6.45, 7) is -0.0176. The number of nitrogens with one attached hydrogen (secondary N) is 1. The quantitative estimate of drug-likeness (QED) is 0.832. The van der Waals surface area contributed by atoms with Crippen LogP contribution in [0, 0.1) is 11.3 Å². The molecule has 3 atom stereocenters. The van der Waals surface area contributed by atoms with Gasteiger partial charge >= 0.3 is 0 Å². The highest BCUT2D eigenvalue weighted by Crippen LogP contribution is 2.49. The standard InChI is InChI=1S/C18H20ClNO3S2/c19-15-5-6-16(24-15)25(22,23)20-17-13-7-8-18(17,11-21)10-14-4-2-1-3-12(14)9-13/h1-6,13,17,20-21H,7-11H2. The van der Waals surface area contributed by atoms with Gasteiger partial charge in [0.15, 0.2) is 0 Å².